The summed E-state index contributed by atoms with van der Waals surface area (Å²) in [7, 11) is 3.95. The molecule has 3 rings (SSSR count). The van der Waals surface area contributed by atoms with Crippen molar-refractivity contribution >= 4 is 17.5 Å². The van der Waals surface area contributed by atoms with Crippen molar-refractivity contribution in [2.45, 2.75) is 19.4 Å². The molecule has 2 aromatic rings. The van der Waals surface area contributed by atoms with Gasteiger partial charge in [-0.25, -0.2) is 0 Å². The number of nitriles is 1. The lowest BCUT2D eigenvalue weighted by atomic mass is 10.1. The largest absolute Gasteiger partial charge is 0.333 e. The number of amides is 2. The molecule has 0 spiro atoms. The van der Waals surface area contributed by atoms with Crippen molar-refractivity contribution in [3.8, 4) is 6.07 Å². The lowest BCUT2D eigenvalue weighted by Gasteiger charge is -2.25. The fourth-order valence-corrected chi connectivity index (χ4v) is 3.39. The zero-order chi connectivity index (χ0) is 20.8. The predicted molar refractivity (Wildman–Crippen MR) is 112 cm³/mol. The minimum Gasteiger partial charge on any atom is -0.333 e. The van der Waals surface area contributed by atoms with E-state index in [-0.39, 0.29) is 11.8 Å². The number of carbonyl (C=O) groups is 2. The maximum Gasteiger partial charge on any atom is 0.254 e. The van der Waals surface area contributed by atoms with Crippen LogP contribution in [0.1, 0.15) is 34.3 Å². The van der Waals surface area contributed by atoms with Crippen LogP contribution < -0.4 is 4.90 Å². The maximum absolute atomic E-state index is 13.3. The lowest BCUT2D eigenvalue weighted by Crippen LogP contribution is -2.36. The third kappa shape index (κ3) is 5.21. The van der Waals surface area contributed by atoms with E-state index in [0.717, 1.165) is 24.2 Å². The Morgan fingerprint density at radius 3 is 2.52 bits per heavy atom. The van der Waals surface area contributed by atoms with E-state index in [1.807, 2.05) is 54.2 Å². The molecule has 0 bridgehead atoms. The number of nitrogens with zero attached hydrogens (tertiary/aromatic N) is 4. The van der Waals surface area contributed by atoms with Gasteiger partial charge >= 0.3 is 0 Å². The summed E-state index contributed by atoms with van der Waals surface area (Å²) in [6.07, 6.45) is 1.41. The molecule has 1 aliphatic rings. The molecule has 1 fully saturated rings. The van der Waals surface area contributed by atoms with Crippen LogP contribution in [0.4, 0.5) is 5.69 Å². The highest BCUT2D eigenvalue weighted by atomic mass is 16.2. The van der Waals surface area contributed by atoms with Gasteiger partial charge in [-0.2, -0.15) is 5.26 Å². The highest BCUT2D eigenvalue weighted by molar-refractivity contribution is 5.99. The Labute approximate surface area is 171 Å². The molecular weight excluding hydrogens is 364 g/mol. The van der Waals surface area contributed by atoms with E-state index in [4.69, 9.17) is 5.26 Å². The van der Waals surface area contributed by atoms with Crippen LogP contribution in [-0.4, -0.2) is 55.3 Å². The van der Waals surface area contributed by atoms with E-state index >= 15 is 0 Å². The molecule has 0 saturated carbocycles. The normalized spacial score (nSPS) is 13.6. The van der Waals surface area contributed by atoms with Crippen LogP contribution in [0.2, 0.25) is 0 Å². The molecule has 0 N–H and O–H groups in total. The van der Waals surface area contributed by atoms with E-state index in [2.05, 4.69) is 6.07 Å². The van der Waals surface area contributed by atoms with Crippen molar-refractivity contribution in [1.29, 1.82) is 5.26 Å². The molecule has 2 aromatic carbocycles. The lowest BCUT2D eigenvalue weighted by molar-refractivity contribution is -0.117. The van der Waals surface area contributed by atoms with E-state index in [0.29, 0.717) is 37.2 Å². The SMILES string of the molecule is CN(C)CCN(Cc1ccc(C#N)cc1)C(=O)c1cccc(N2CCCC2=O)c1. The predicted octanol–water partition coefficient (Wildman–Crippen LogP) is 2.89. The van der Waals surface area contributed by atoms with Gasteiger partial charge in [-0.3, -0.25) is 9.59 Å². The highest BCUT2D eigenvalue weighted by Crippen LogP contribution is 2.23. The van der Waals surface area contributed by atoms with Crippen molar-refractivity contribution in [1.82, 2.24) is 9.80 Å². The molecule has 1 saturated heterocycles. The monoisotopic (exact) mass is 390 g/mol. The van der Waals surface area contributed by atoms with Gasteiger partial charge in [-0.15, -0.1) is 0 Å². The molecule has 0 unspecified atom stereocenters. The van der Waals surface area contributed by atoms with Crippen molar-refractivity contribution in [2.24, 2.45) is 0 Å². The summed E-state index contributed by atoms with van der Waals surface area (Å²) in [5.74, 6) is 0.0429. The second-order valence-corrected chi connectivity index (χ2v) is 7.54. The number of rotatable bonds is 7. The van der Waals surface area contributed by atoms with Gasteiger partial charge in [-0.1, -0.05) is 18.2 Å². The van der Waals surface area contributed by atoms with Crippen molar-refractivity contribution in [2.75, 3.05) is 38.6 Å². The van der Waals surface area contributed by atoms with Gasteiger partial charge in [0.2, 0.25) is 5.91 Å². The molecule has 150 valence electrons. The quantitative estimate of drug-likeness (QED) is 0.729. The third-order valence-electron chi connectivity index (χ3n) is 5.04. The third-order valence-corrected chi connectivity index (χ3v) is 5.04. The number of anilines is 1. The smallest absolute Gasteiger partial charge is 0.254 e. The molecule has 29 heavy (non-hydrogen) atoms. The van der Waals surface area contributed by atoms with Gasteiger partial charge in [0, 0.05) is 43.9 Å². The minimum atomic E-state index is -0.0651. The molecule has 0 radical (unpaired) electrons. The molecule has 0 aliphatic carbocycles. The zero-order valence-corrected chi connectivity index (χ0v) is 17.0. The van der Waals surface area contributed by atoms with Crippen molar-refractivity contribution < 1.29 is 9.59 Å². The first-order chi connectivity index (χ1) is 14.0. The molecular formula is C23H26N4O2. The minimum absolute atomic E-state index is 0.0651. The summed E-state index contributed by atoms with van der Waals surface area (Å²) in [6, 6.07) is 16.7. The summed E-state index contributed by atoms with van der Waals surface area (Å²) >= 11 is 0. The molecule has 6 heteroatoms. The number of hydrogen-bond acceptors (Lipinski definition) is 4. The van der Waals surface area contributed by atoms with Gasteiger partial charge in [0.15, 0.2) is 0 Å². The van der Waals surface area contributed by atoms with E-state index in [1.54, 1.807) is 23.1 Å². The average Bonchev–Trinajstić information content (AvgIpc) is 3.17. The second-order valence-electron chi connectivity index (χ2n) is 7.54. The van der Waals surface area contributed by atoms with E-state index < -0.39 is 0 Å². The molecule has 6 nitrogen and oxygen atoms in total. The highest BCUT2D eigenvalue weighted by Gasteiger charge is 2.23. The first-order valence-electron chi connectivity index (χ1n) is 9.81. The first-order valence-corrected chi connectivity index (χ1v) is 9.81. The zero-order valence-electron chi connectivity index (χ0n) is 17.0. The van der Waals surface area contributed by atoms with Gasteiger partial charge in [-0.05, 0) is 56.4 Å². The second kappa shape index (κ2) is 9.35. The fourth-order valence-electron chi connectivity index (χ4n) is 3.39. The van der Waals surface area contributed by atoms with Crippen LogP contribution >= 0.6 is 0 Å². The molecule has 2 amide bonds. The maximum atomic E-state index is 13.3. The van der Waals surface area contributed by atoms with Crippen LogP contribution in [0.15, 0.2) is 48.5 Å². The summed E-state index contributed by atoms with van der Waals surface area (Å²) in [5.41, 5.74) is 2.93. The fraction of sp³-hybridized carbons (Fsp3) is 0.348. The molecule has 0 aromatic heterocycles. The Balaban J connectivity index is 1.81. The van der Waals surface area contributed by atoms with E-state index in [9.17, 15) is 9.59 Å². The van der Waals surface area contributed by atoms with Crippen LogP contribution in [0.5, 0.6) is 0 Å². The molecule has 1 heterocycles. The number of hydrogen-bond donors (Lipinski definition) is 0. The summed E-state index contributed by atoms with van der Waals surface area (Å²) in [6.45, 7) is 2.49. The Bertz CT molecular complexity index is 915. The van der Waals surface area contributed by atoms with Crippen molar-refractivity contribution in [3.05, 3.63) is 65.2 Å². The Kier molecular flexibility index (Phi) is 6.63. The molecule has 0 atom stereocenters. The summed E-state index contributed by atoms with van der Waals surface area (Å²) in [5, 5.41) is 8.98. The molecule has 1 aliphatic heterocycles. The van der Waals surface area contributed by atoms with Gasteiger partial charge in [0.1, 0.15) is 0 Å². The van der Waals surface area contributed by atoms with Crippen LogP contribution in [-0.2, 0) is 11.3 Å². The van der Waals surface area contributed by atoms with Crippen LogP contribution in [0.25, 0.3) is 0 Å². The van der Waals surface area contributed by atoms with Crippen LogP contribution in [0, 0.1) is 11.3 Å². The Hall–Kier alpha value is -3.17. The van der Waals surface area contributed by atoms with Gasteiger partial charge in [0.25, 0.3) is 5.91 Å². The number of benzene rings is 2. The average molecular weight is 390 g/mol. The van der Waals surface area contributed by atoms with Gasteiger partial charge in [0.05, 0.1) is 11.6 Å². The standard InChI is InChI=1S/C23H26N4O2/c1-25(2)13-14-26(17-19-10-8-18(16-24)9-11-19)23(29)20-5-3-6-21(15-20)27-12-4-7-22(27)28/h3,5-6,8-11,15H,4,7,12-14,17H2,1-2H3. The van der Waals surface area contributed by atoms with Crippen LogP contribution in [0.3, 0.4) is 0 Å². The number of likely N-dealkylation sites (N-methyl/N-ethyl adjacent to an activating group) is 1. The summed E-state index contributed by atoms with van der Waals surface area (Å²) in [4.78, 5) is 31.0. The first kappa shape index (κ1) is 20.6. The summed E-state index contributed by atoms with van der Waals surface area (Å²) < 4.78 is 0. The Morgan fingerprint density at radius 2 is 1.90 bits per heavy atom. The Morgan fingerprint density at radius 1 is 1.14 bits per heavy atom. The topological polar surface area (TPSA) is 67.7 Å². The van der Waals surface area contributed by atoms with Gasteiger partial charge < -0.3 is 14.7 Å². The number of carbonyl (C=O) groups excluding carboxylic acids is 2. The van der Waals surface area contributed by atoms with E-state index in [1.165, 1.54) is 0 Å². The van der Waals surface area contributed by atoms with Crippen molar-refractivity contribution in [3.63, 3.8) is 0 Å².